The number of halogens is 11. The number of nitrogens with one attached hydrogen (secondary N) is 2. The van der Waals surface area contributed by atoms with Gasteiger partial charge in [-0.25, -0.2) is 4.79 Å². The van der Waals surface area contributed by atoms with E-state index in [1.54, 1.807) is 6.07 Å². The van der Waals surface area contributed by atoms with E-state index in [0.717, 1.165) is 11.5 Å². The fourth-order valence-electron chi connectivity index (χ4n) is 2.68. The van der Waals surface area contributed by atoms with Crippen molar-refractivity contribution in [3.05, 3.63) is 36.0 Å². The summed E-state index contributed by atoms with van der Waals surface area (Å²) in [7, 11) is 0. The topological polar surface area (TPSA) is 82.2 Å². The van der Waals surface area contributed by atoms with Crippen LogP contribution in [-0.2, 0) is 16.0 Å². The second kappa shape index (κ2) is 8.06. The van der Waals surface area contributed by atoms with Crippen LogP contribution < -0.4 is 5.32 Å². The fourth-order valence-corrected chi connectivity index (χ4v) is 2.68. The van der Waals surface area contributed by atoms with Crippen molar-refractivity contribution >= 4 is 22.8 Å². The molecular weight excluding hydrogens is 489 g/mol. The molecular formula is C17H11F11N2O3. The number of para-hydroxylation sites is 1. The van der Waals surface area contributed by atoms with E-state index in [1.807, 2.05) is 0 Å². The summed E-state index contributed by atoms with van der Waals surface area (Å²) in [5.41, 5.74) is 0.427. The van der Waals surface area contributed by atoms with Gasteiger partial charge >= 0.3 is 35.8 Å². The van der Waals surface area contributed by atoms with E-state index in [-0.39, 0.29) is 5.56 Å². The molecule has 1 aromatic carbocycles. The number of aliphatic carboxylic acids is 1. The summed E-state index contributed by atoms with van der Waals surface area (Å²) in [4.78, 5) is 25.5. The zero-order chi connectivity index (χ0) is 25.6. The zero-order valence-electron chi connectivity index (χ0n) is 15.6. The van der Waals surface area contributed by atoms with Gasteiger partial charge in [0.05, 0.1) is 0 Å². The lowest BCUT2D eigenvalue weighted by atomic mass is 9.97. The van der Waals surface area contributed by atoms with Gasteiger partial charge in [-0.2, -0.15) is 48.3 Å². The molecule has 0 radical (unpaired) electrons. The van der Waals surface area contributed by atoms with E-state index in [1.165, 1.54) is 18.2 Å². The number of fused-ring (bicyclic) bond motifs is 1. The molecule has 1 heterocycles. The highest BCUT2D eigenvalue weighted by Gasteiger charge is 2.88. The van der Waals surface area contributed by atoms with Gasteiger partial charge in [0, 0.05) is 23.5 Å². The molecule has 0 spiro atoms. The van der Waals surface area contributed by atoms with Crippen LogP contribution >= 0.6 is 0 Å². The van der Waals surface area contributed by atoms with Crippen molar-refractivity contribution in [1.82, 2.24) is 10.3 Å². The number of carboxylic acid groups (broad SMARTS) is 1. The first-order chi connectivity index (χ1) is 14.8. The van der Waals surface area contributed by atoms with Gasteiger partial charge in [0.15, 0.2) is 0 Å². The lowest BCUT2D eigenvalue weighted by Crippen LogP contribution is -2.69. The number of H-pyrrole nitrogens is 1. The Hall–Kier alpha value is -3.07. The number of carbonyl (C=O) groups is 2. The van der Waals surface area contributed by atoms with Crippen molar-refractivity contribution in [2.45, 2.75) is 42.3 Å². The summed E-state index contributed by atoms with van der Waals surface area (Å²) >= 11 is 0. The van der Waals surface area contributed by atoms with Crippen LogP contribution in [0, 0.1) is 0 Å². The number of alkyl halides is 11. The van der Waals surface area contributed by atoms with Gasteiger partial charge in [-0.05, 0) is 11.6 Å². The Balaban J connectivity index is 2.35. The number of carboxylic acids is 1. The molecule has 0 aliphatic rings. The number of rotatable bonds is 8. The van der Waals surface area contributed by atoms with Crippen molar-refractivity contribution < 1.29 is 63.0 Å². The minimum atomic E-state index is -7.78. The molecule has 3 N–H and O–H groups in total. The molecule has 0 aliphatic heterocycles. The standard InChI is InChI=1S/C17H11F11N2O3/c18-13(19,14(20,21)15(22,23)16(24,25)17(26,27)28)12(33)30-10(11(31)32)5-7-6-29-9-4-2-1-3-8(7)9/h1-4,6,10,29H,5H2,(H,30,33)(H,31,32)/t10-/m0/s1. The Bertz CT molecular complexity index is 1050. The quantitative estimate of drug-likeness (QED) is 0.471. The maximum Gasteiger partial charge on any atom is 0.460 e. The van der Waals surface area contributed by atoms with Crippen molar-refractivity contribution in [1.29, 1.82) is 0 Å². The van der Waals surface area contributed by atoms with E-state index in [0.29, 0.717) is 10.9 Å². The third-order valence-corrected chi connectivity index (χ3v) is 4.53. The predicted octanol–water partition coefficient (Wildman–Crippen LogP) is 4.38. The van der Waals surface area contributed by atoms with Gasteiger partial charge in [-0.1, -0.05) is 18.2 Å². The van der Waals surface area contributed by atoms with Crippen LogP contribution in [0.4, 0.5) is 48.3 Å². The second-order valence-electron chi connectivity index (χ2n) is 6.72. The van der Waals surface area contributed by atoms with E-state index >= 15 is 0 Å². The number of hydrogen-bond donors (Lipinski definition) is 3. The average Bonchev–Trinajstić information content (AvgIpc) is 3.08. The number of carbonyl (C=O) groups excluding carboxylic acids is 1. The molecule has 16 heteroatoms. The summed E-state index contributed by atoms with van der Waals surface area (Å²) in [6.07, 6.45) is -7.11. The molecule has 5 nitrogen and oxygen atoms in total. The molecule has 1 atom stereocenters. The maximum atomic E-state index is 13.8. The number of hydrogen-bond acceptors (Lipinski definition) is 2. The van der Waals surface area contributed by atoms with Crippen LogP contribution in [-0.4, -0.2) is 57.9 Å². The minimum Gasteiger partial charge on any atom is -0.480 e. The molecule has 0 fully saturated rings. The third kappa shape index (κ3) is 4.17. The fraction of sp³-hybridized carbons (Fsp3) is 0.412. The number of amides is 1. The summed E-state index contributed by atoms with van der Waals surface area (Å²) < 4.78 is 144. The molecule has 2 rings (SSSR count). The molecule has 1 amide bonds. The Kier molecular flexibility index (Phi) is 6.39. The molecule has 2 aromatic rings. The van der Waals surface area contributed by atoms with Gasteiger partial charge in [0.2, 0.25) is 0 Å². The number of benzene rings is 1. The largest absolute Gasteiger partial charge is 0.480 e. The summed E-state index contributed by atoms with van der Waals surface area (Å²) in [5, 5.41) is 10.2. The Morgan fingerprint density at radius 2 is 1.42 bits per heavy atom. The first kappa shape index (κ1) is 26.2. The lowest BCUT2D eigenvalue weighted by molar-refractivity contribution is -0.417. The first-order valence-electron chi connectivity index (χ1n) is 8.45. The smallest absolute Gasteiger partial charge is 0.460 e. The molecule has 0 saturated carbocycles. The van der Waals surface area contributed by atoms with Crippen LogP contribution in [0.3, 0.4) is 0 Å². The van der Waals surface area contributed by atoms with Crippen LogP contribution in [0.2, 0.25) is 0 Å². The summed E-state index contributed by atoms with van der Waals surface area (Å²) in [6.45, 7) is 0. The van der Waals surface area contributed by atoms with Gasteiger partial charge in [0.25, 0.3) is 5.91 Å². The first-order valence-corrected chi connectivity index (χ1v) is 8.45. The minimum absolute atomic E-state index is 0.0299. The number of aromatic nitrogens is 1. The predicted molar refractivity (Wildman–Crippen MR) is 87.4 cm³/mol. The average molecular weight is 500 g/mol. The normalized spacial score (nSPS) is 14.9. The molecule has 0 saturated heterocycles. The van der Waals surface area contributed by atoms with E-state index in [9.17, 15) is 57.9 Å². The van der Waals surface area contributed by atoms with Crippen LogP contribution in [0.5, 0.6) is 0 Å². The molecule has 33 heavy (non-hydrogen) atoms. The lowest BCUT2D eigenvalue weighted by Gasteiger charge is -2.36. The van der Waals surface area contributed by atoms with Crippen molar-refractivity contribution in [2.75, 3.05) is 0 Å². The van der Waals surface area contributed by atoms with Gasteiger partial charge in [-0.3, -0.25) is 4.79 Å². The van der Waals surface area contributed by atoms with Crippen molar-refractivity contribution in [2.24, 2.45) is 0 Å². The van der Waals surface area contributed by atoms with Crippen LogP contribution in [0.15, 0.2) is 30.5 Å². The Labute approximate surface area is 175 Å². The molecule has 0 aliphatic carbocycles. The molecule has 0 unspecified atom stereocenters. The summed E-state index contributed by atoms with van der Waals surface area (Å²) in [6, 6.07) is 3.43. The second-order valence-corrected chi connectivity index (χ2v) is 6.72. The molecule has 0 bridgehead atoms. The van der Waals surface area contributed by atoms with Gasteiger partial charge in [-0.15, -0.1) is 0 Å². The Morgan fingerprint density at radius 1 is 0.879 bits per heavy atom. The van der Waals surface area contributed by atoms with Gasteiger partial charge in [0.1, 0.15) is 6.04 Å². The van der Waals surface area contributed by atoms with Crippen LogP contribution in [0.1, 0.15) is 5.56 Å². The molecule has 1 aromatic heterocycles. The highest BCUT2D eigenvalue weighted by atomic mass is 19.4. The molecule has 184 valence electrons. The van der Waals surface area contributed by atoms with Crippen molar-refractivity contribution in [3.63, 3.8) is 0 Å². The SMILES string of the molecule is O=C(O)[C@H](Cc1c[nH]c2ccccc12)NC(=O)C(F)(F)C(F)(F)C(F)(F)C(F)(F)C(F)(F)F. The Morgan fingerprint density at radius 3 is 1.94 bits per heavy atom. The van der Waals surface area contributed by atoms with Crippen LogP contribution in [0.25, 0.3) is 10.9 Å². The van der Waals surface area contributed by atoms with Gasteiger partial charge < -0.3 is 15.4 Å². The highest BCUT2D eigenvalue weighted by molar-refractivity contribution is 5.90. The van der Waals surface area contributed by atoms with E-state index < -0.39 is 54.2 Å². The third-order valence-electron chi connectivity index (χ3n) is 4.53. The monoisotopic (exact) mass is 500 g/mol. The zero-order valence-corrected chi connectivity index (χ0v) is 15.6. The van der Waals surface area contributed by atoms with Crippen molar-refractivity contribution in [3.8, 4) is 0 Å². The highest BCUT2D eigenvalue weighted by Crippen LogP contribution is 2.57. The number of aromatic amines is 1. The summed E-state index contributed by atoms with van der Waals surface area (Å²) in [5.74, 6) is -35.5. The van der Waals surface area contributed by atoms with E-state index in [2.05, 4.69) is 4.98 Å². The van der Waals surface area contributed by atoms with E-state index in [4.69, 9.17) is 5.11 Å². The maximum absolute atomic E-state index is 13.8.